The zero-order chi connectivity index (χ0) is 28.4. The van der Waals surface area contributed by atoms with E-state index in [4.69, 9.17) is 0 Å². The largest absolute Gasteiger partial charge is 0.464 e. The highest BCUT2D eigenvalue weighted by Gasteiger charge is 2.90. The average molecular weight is 553 g/mol. The number of halogens is 13. The van der Waals surface area contributed by atoms with Crippen molar-refractivity contribution in [2.24, 2.45) is 0 Å². The Hall–Kier alpha value is -2.75. The molecule has 0 fully saturated rings. The van der Waals surface area contributed by atoms with Crippen LogP contribution in [0.15, 0.2) is 30.3 Å². The summed E-state index contributed by atoms with van der Waals surface area (Å²) in [5.74, 6) is -41.5. The fourth-order valence-electron chi connectivity index (χ4n) is 2.51. The monoisotopic (exact) mass is 553 g/mol. The van der Waals surface area contributed by atoms with E-state index in [1.165, 1.54) is 30.4 Å². The van der Waals surface area contributed by atoms with Crippen molar-refractivity contribution in [1.82, 2.24) is 5.32 Å². The molecule has 17 heteroatoms. The van der Waals surface area contributed by atoms with E-state index in [1.54, 1.807) is 0 Å². The van der Waals surface area contributed by atoms with Gasteiger partial charge in [0.2, 0.25) is 0 Å². The highest BCUT2D eigenvalue weighted by Crippen LogP contribution is 2.60. The number of rotatable bonds is 11. The van der Waals surface area contributed by atoms with Crippen LogP contribution in [0.1, 0.15) is 30.1 Å². The SMILES string of the molecule is CCCOC(=O)C(CC(F)(F)C(F)(F)C(F)(F)C(F)(F)C(F)(F)C(F)(F)F)NC(=O)c1ccccc1. The first kappa shape index (κ1) is 31.3. The van der Waals surface area contributed by atoms with Gasteiger partial charge in [0.05, 0.1) is 6.61 Å². The van der Waals surface area contributed by atoms with Gasteiger partial charge in [-0.05, 0) is 18.6 Å². The Morgan fingerprint density at radius 3 is 1.69 bits per heavy atom. The van der Waals surface area contributed by atoms with Crippen LogP contribution in [0, 0.1) is 0 Å². The highest BCUT2D eigenvalue weighted by atomic mass is 19.4. The molecule has 36 heavy (non-hydrogen) atoms. The van der Waals surface area contributed by atoms with Gasteiger partial charge in [-0.25, -0.2) is 4.79 Å². The van der Waals surface area contributed by atoms with Crippen molar-refractivity contribution in [2.45, 2.75) is 61.6 Å². The van der Waals surface area contributed by atoms with Crippen molar-refractivity contribution in [3.63, 3.8) is 0 Å². The van der Waals surface area contributed by atoms with Crippen molar-refractivity contribution in [1.29, 1.82) is 0 Å². The maximum Gasteiger partial charge on any atom is 0.460 e. The van der Waals surface area contributed by atoms with Crippen molar-refractivity contribution < 1.29 is 71.4 Å². The van der Waals surface area contributed by atoms with Crippen molar-refractivity contribution in [3.05, 3.63) is 35.9 Å². The number of ether oxygens (including phenoxy) is 1. The number of alkyl halides is 13. The summed E-state index contributed by atoms with van der Waals surface area (Å²) in [6.45, 7) is 0.779. The van der Waals surface area contributed by atoms with E-state index in [-0.39, 0.29) is 12.0 Å². The number of carbonyl (C=O) groups excluding carboxylic acids is 2. The molecule has 0 aliphatic carbocycles. The van der Waals surface area contributed by atoms with E-state index < -0.39 is 66.7 Å². The van der Waals surface area contributed by atoms with Gasteiger partial charge in [0.15, 0.2) is 0 Å². The van der Waals surface area contributed by atoms with E-state index >= 15 is 0 Å². The second-order valence-corrected chi connectivity index (χ2v) is 7.26. The second kappa shape index (κ2) is 10.3. The maximum absolute atomic E-state index is 14.2. The first-order valence-electron chi connectivity index (χ1n) is 9.56. The van der Waals surface area contributed by atoms with Gasteiger partial charge >= 0.3 is 41.8 Å². The Balaban J connectivity index is 3.42. The van der Waals surface area contributed by atoms with Crippen LogP contribution in [0.3, 0.4) is 0 Å². The molecule has 0 bridgehead atoms. The molecule has 1 aromatic rings. The van der Waals surface area contributed by atoms with Gasteiger partial charge in [0, 0.05) is 12.0 Å². The normalized spacial score (nSPS) is 14.8. The number of carbonyl (C=O) groups is 2. The summed E-state index contributed by atoms with van der Waals surface area (Å²) in [5.41, 5.74) is -0.387. The molecule has 0 saturated carbocycles. The number of hydrogen-bond donors (Lipinski definition) is 1. The number of benzene rings is 1. The van der Waals surface area contributed by atoms with Crippen LogP contribution in [0.5, 0.6) is 0 Å². The number of nitrogens with one attached hydrogen (secondary N) is 1. The molecule has 1 rings (SSSR count). The fourth-order valence-corrected chi connectivity index (χ4v) is 2.51. The fraction of sp³-hybridized carbons (Fsp3) is 0.579. The van der Waals surface area contributed by atoms with Crippen LogP contribution in [-0.2, 0) is 9.53 Å². The molecule has 0 aliphatic rings. The molecule has 1 amide bonds. The molecule has 0 saturated heterocycles. The molecule has 1 N–H and O–H groups in total. The Kier molecular flexibility index (Phi) is 8.96. The van der Waals surface area contributed by atoms with Crippen LogP contribution in [0.2, 0.25) is 0 Å². The molecular formula is C19H16F13NO3. The summed E-state index contributed by atoms with van der Waals surface area (Å²) < 4.78 is 178. The lowest BCUT2D eigenvalue weighted by Crippen LogP contribution is -2.70. The second-order valence-electron chi connectivity index (χ2n) is 7.26. The summed E-state index contributed by atoms with van der Waals surface area (Å²) >= 11 is 0. The quantitative estimate of drug-likeness (QED) is 0.276. The molecule has 1 aromatic carbocycles. The molecule has 0 heterocycles. The molecular weight excluding hydrogens is 537 g/mol. The zero-order valence-electron chi connectivity index (χ0n) is 17.7. The Morgan fingerprint density at radius 1 is 0.778 bits per heavy atom. The van der Waals surface area contributed by atoms with E-state index in [2.05, 4.69) is 4.74 Å². The van der Waals surface area contributed by atoms with Crippen LogP contribution < -0.4 is 5.32 Å². The van der Waals surface area contributed by atoms with Crippen LogP contribution >= 0.6 is 0 Å². The Morgan fingerprint density at radius 2 is 1.25 bits per heavy atom. The summed E-state index contributed by atoms with van der Waals surface area (Å²) in [4.78, 5) is 24.1. The minimum Gasteiger partial charge on any atom is -0.464 e. The third-order valence-electron chi connectivity index (χ3n) is 4.53. The maximum atomic E-state index is 14.2. The Labute approximate surface area is 193 Å². The van der Waals surface area contributed by atoms with Crippen LogP contribution in [0.4, 0.5) is 57.1 Å². The number of hydrogen-bond acceptors (Lipinski definition) is 3. The van der Waals surface area contributed by atoms with Gasteiger partial charge in [0.1, 0.15) is 6.04 Å². The van der Waals surface area contributed by atoms with Crippen molar-refractivity contribution >= 4 is 11.9 Å². The molecule has 1 atom stereocenters. The average Bonchev–Trinajstić information content (AvgIpc) is 2.76. The van der Waals surface area contributed by atoms with Crippen molar-refractivity contribution in [3.8, 4) is 0 Å². The highest BCUT2D eigenvalue weighted by molar-refractivity contribution is 5.96. The van der Waals surface area contributed by atoms with Crippen molar-refractivity contribution in [2.75, 3.05) is 6.61 Å². The summed E-state index contributed by atoms with van der Waals surface area (Å²) in [7, 11) is 0. The van der Waals surface area contributed by atoms with Gasteiger partial charge in [-0.15, -0.1) is 0 Å². The molecule has 0 aromatic heterocycles. The number of amides is 1. The summed E-state index contributed by atoms with van der Waals surface area (Å²) in [6, 6.07) is 2.88. The Bertz CT molecular complexity index is 917. The number of esters is 1. The predicted octanol–water partition coefficient (Wildman–Crippen LogP) is 5.87. The minimum absolute atomic E-state index is 0.00549. The predicted molar refractivity (Wildman–Crippen MR) is 94.4 cm³/mol. The summed E-state index contributed by atoms with van der Waals surface area (Å²) in [6.07, 6.45) is -10.5. The molecule has 0 radical (unpaired) electrons. The van der Waals surface area contributed by atoms with E-state index in [0.29, 0.717) is 0 Å². The van der Waals surface area contributed by atoms with Crippen LogP contribution in [0.25, 0.3) is 0 Å². The molecule has 1 unspecified atom stereocenters. The molecule has 206 valence electrons. The zero-order valence-corrected chi connectivity index (χ0v) is 17.7. The minimum atomic E-state index is -8.07. The van der Waals surface area contributed by atoms with Crippen LogP contribution in [-0.4, -0.2) is 60.3 Å². The summed E-state index contributed by atoms with van der Waals surface area (Å²) in [5, 5.41) is 1.43. The molecule has 0 aliphatic heterocycles. The van der Waals surface area contributed by atoms with Gasteiger partial charge in [-0.1, -0.05) is 25.1 Å². The standard InChI is InChI=1S/C19H16F13NO3/c1-2-8-36-13(35)11(33-12(34)10-6-4-3-5-7-10)9-14(20,21)15(22,23)16(24,25)17(26,27)18(28,29)19(30,31)32/h3-7,11H,2,8-9H2,1H3,(H,33,34). The van der Waals surface area contributed by atoms with Gasteiger partial charge in [-0.2, -0.15) is 57.1 Å². The van der Waals surface area contributed by atoms with Gasteiger partial charge in [-0.3, -0.25) is 4.79 Å². The third kappa shape index (κ3) is 5.63. The smallest absolute Gasteiger partial charge is 0.460 e. The lowest BCUT2D eigenvalue weighted by molar-refractivity contribution is -0.440. The van der Waals surface area contributed by atoms with E-state index in [1.807, 2.05) is 0 Å². The van der Waals surface area contributed by atoms with E-state index in [9.17, 15) is 66.7 Å². The van der Waals surface area contributed by atoms with E-state index in [0.717, 1.165) is 12.1 Å². The van der Waals surface area contributed by atoms with Gasteiger partial charge < -0.3 is 10.1 Å². The molecule has 0 spiro atoms. The third-order valence-corrected chi connectivity index (χ3v) is 4.53. The first-order valence-corrected chi connectivity index (χ1v) is 9.56. The molecule has 4 nitrogen and oxygen atoms in total. The first-order chi connectivity index (χ1) is 16.1. The lowest BCUT2D eigenvalue weighted by Gasteiger charge is -2.40. The van der Waals surface area contributed by atoms with Gasteiger partial charge in [0.25, 0.3) is 5.91 Å². The lowest BCUT2D eigenvalue weighted by atomic mass is 9.91. The topological polar surface area (TPSA) is 55.4 Å².